The lowest BCUT2D eigenvalue weighted by molar-refractivity contribution is -0.113. The van der Waals surface area contributed by atoms with Gasteiger partial charge in [0.15, 0.2) is 9.84 Å². The maximum atomic E-state index is 12.4. The van der Waals surface area contributed by atoms with Crippen molar-refractivity contribution >= 4 is 27.1 Å². The molecule has 1 amide bonds. The van der Waals surface area contributed by atoms with E-state index in [1.807, 2.05) is 43.6 Å². The maximum absolute atomic E-state index is 12.4. The highest BCUT2D eigenvalue weighted by molar-refractivity contribution is 7.92. The number of anilines is 2. The summed E-state index contributed by atoms with van der Waals surface area (Å²) in [6.45, 7) is 6.64. The molecule has 32 heavy (non-hydrogen) atoms. The van der Waals surface area contributed by atoms with Gasteiger partial charge in [-0.25, -0.2) is 8.42 Å². The number of unbranched alkanes of at least 4 members (excludes halogenated alkanes) is 2. The summed E-state index contributed by atoms with van der Waals surface area (Å²) in [5, 5.41) is 2.83. The Kier molecular flexibility index (Phi) is 9.05. The number of hydrogen-bond acceptors (Lipinski definition) is 6. The van der Waals surface area contributed by atoms with Crippen LogP contribution in [0.25, 0.3) is 0 Å². The van der Waals surface area contributed by atoms with Crippen molar-refractivity contribution in [3.05, 3.63) is 54.4 Å². The van der Waals surface area contributed by atoms with Crippen molar-refractivity contribution in [2.45, 2.75) is 32.6 Å². The first-order chi connectivity index (χ1) is 15.5. The van der Waals surface area contributed by atoms with Crippen molar-refractivity contribution in [1.29, 1.82) is 0 Å². The molecule has 1 aromatic carbocycles. The molecule has 0 unspecified atom stereocenters. The Bertz CT molecular complexity index is 958. The minimum absolute atomic E-state index is 0.0668. The van der Waals surface area contributed by atoms with E-state index >= 15 is 0 Å². The number of benzene rings is 1. The first-order valence-electron chi connectivity index (χ1n) is 11.4. The number of para-hydroxylation sites is 2. The fraction of sp³-hybridized carbons (Fsp3) is 0.500. The highest BCUT2D eigenvalue weighted by atomic mass is 32.2. The van der Waals surface area contributed by atoms with E-state index < -0.39 is 21.5 Å². The van der Waals surface area contributed by atoms with E-state index in [0.29, 0.717) is 12.1 Å². The van der Waals surface area contributed by atoms with E-state index in [-0.39, 0.29) is 5.75 Å². The molecule has 8 heteroatoms. The van der Waals surface area contributed by atoms with Crippen molar-refractivity contribution in [2.75, 3.05) is 54.4 Å². The molecule has 3 rings (SSSR count). The number of hydrogen-bond donors (Lipinski definition) is 1. The standard InChI is InChI=1S/C24H34N4O3S/c1-2-3-6-19-32(30,31)20-24(29)26-22-7-4-5-8-23(22)28-17-15-27(16-18-28)14-11-21-9-12-25-13-10-21/h4-5,7-10,12-13H,2-3,6,11,14-20H2,1H3,(H,26,29). The molecule has 7 nitrogen and oxygen atoms in total. The van der Waals surface area contributed by atoms with Gasteiger partial charge in [0.05, 0.1) is 17.1 Å². The topological polar surface area (TPSA) is 82.6 Å². The maximum Gasteiger partial charge on any atom is 0.239 e. The molecule has 2 heterocycles. The van der Waals surface area contributed by atoms with Gasteiger partial charge in [-0.3, -0.25) is 14.7 Å². The average molecular weight is 459 g/mol. The van der Waals surface area contributed by atoms with Crippen LogP contribution >= 0.6 is 0 Å². The van der Waals surface area contributed by atoms with E-state index in [9.17, 15) is 13.2 Å². The number of sulfone groups is 1. The van der Waals surface area contributed by atoms with Crippen LogP contribution in [-0.2, 0) is 21.1 Å². The second kappa shape index (κ2) is 12.0. The molecule has 1 aromatic heterocycles. The van der Waals surface area contributed by atoms with Crippen LogP contribution in [0, 0.1) is 0 Å². The first kappa shape index (κ1) is 24.2. The number of rotatable bonds is 11. The summed E-state index contributed by atoms with van der Waals surface area (Å²) in [6.07, 6.45) is 7.07. The van der Waals surface area contributed by atoms with Gasteiger partial charge in [0.2, 0.25) is 5.91 Å². The quantitative estimate of drug-likeness (QED) is 0.521. The number of piperazine rings is 1. The number of nitrogens with zero attached hydrogens (tertiary/aromatic N) is 3. The van der Waals surface area contributed by atoms with Crippen LogP contribution in [0.3, 0.4) is 0 Å². The molecule has 1 fully saturated rings. The Labute approximate surface area is 191 Å². The number of pyridine rings is 1. The normalized spacial score (nSPS) is 15.0. The molecule has 1 N–H and O–H groups in total. The van der Waals surface area contributed by atoms with E-state index in [4.69, 9.17) is 0 Å². The van der Waals surface area contributed by atoms with E-state index in [2.05, 4.69) is 32.2 Å². The van der Waals surface area contributed by atoms with Gasteiger partial charge in [0, 0.05) is 45.1 Å². The van der Waals surface area contributed by atoms with Crippen molar-refractivity contribution in [3.8, 4) is 0 Å². The van der Waals surface area contributed by atoms with Gasteiger partial charge in [-0.05, 0) is 42.7 Å². The molecule has 174 valence electrons. The molecular weight excluding hydrogens is 424 g/mol. The lowest BCUT2D eigenvalue weighted by atomic mass is 10.1. The lowest BCUT2D eigenvalue weighted by Gasteiger charge is -2.37. The summed E-state index contributed by atoms with van der Waals surface area (Å²) in [4.78, 5) is 21.2. The summed E-state index contributed by atoms with van der Waals surface area (Å²) in [5.74, 6) is -0.865. The molecule has 1 saturated heterocycles. The summed E-state index contributed by atoms with van der Waals surface area (Å²) in [6, 6.07) is 11.7. The minimum Gasteiger partial charge on any atom is -0.367 e. The van der Waals surface area contributed by atoms with Gasteiger partial charge in [0.25, 0.3) is 0 Å². The molecule has 0 spiro atoms. The molecule has 0 saturated carbocycles. The second-order valence-electron chi connectivity index (χ2n) is 8.30. The highest BCUT2D eigenvalue weighted by Gasteiger charge is 2.21. The van der Waals surface area contributed by atoms with Gasteiger partial charge in [0.1, 0.15) is 5.75 Å². The summed E-state index contributed by atoms with van der Waals surface area (Å²) in [5.41, 5.74) is 2.91. The monoisotopic (exact) mass is 458 g/mol. The highest BCUT2D eigenvalue weighted by Crippen LogP contribution is 2.26. The molecule has 0 aliphatic carbocycles. The number of aromatic nitrogens is 1. The van der Waals surface area contributed by atoms with Crippen molar-refractivity contribution in [2.24, 2.45) is 0 Å². The Morgan fingerprint density at radius 1 is 1.03 bits per heavy atom. The zero-order valence-corrected chi connectivity index (χ0v) is 19.7. The molecular formula is C24H34N4O3S. The van der Waals surface area contributed by atoms with Crippen LogP contribution in [0.1, 0.15) is 31.7 Å². The molecule has 0 radical (unpaired) electrons. The minimum atomic E-state index is -3.38. The SMILES string of the molecule is CCCCCS(=O)(=O)CC(=O)Nc1ccccc1N1CCN(CCc2ccncc2)CC1. The van der Waals surface area contributed by atoms with Crippen LogP contribution in [0.15, 0.2) is 48.8 Å². The number of carbonyl (C=O) groups is 1. The van der Waals surface area contributed by atoms with Gasteiger partial charge in [-0.1, -0.05) is 31.9 Å². The van der Waals surface area contributed by atoms with Crippen LogP contribution in [-0.4, -0.2) is 68.4 Å². The van der Waals surface area contributed by atoms with Crippen molar-refractivity contribution in [3.63, 3.8) is 0 Å². The smallest absolute Gasteiger partial charge is 0.239 e. The fourth-order valence-corrected chi connectivity index (χ4v) is 5.19. The molecule has 1 aliphatic rings. The molecule has 1 aliphatic heterocycles. The second-order valence-corrected chi connectivity index (χ2v) is 10.5. The van der Waals surface area contributed by atoms with Gasteiger partial charge >= 0.3 is 0 Å². The third kappa shape index (κ3) is 7.60. The van der Waals surface area contributed by atoms with E-state index in [1.54, 1.807) is 0 Å². The Hall–Kier alpha value is -2.45. The predicted molar refractivity (Wildman–Crippen MR) is 130 cm³/mol. The zero-order valence-electron chi connectivity index (χ0n) is 18.9. The van der Waals surface area contributed by atoms with Gasteiger partial charge in [-0.2, -0.15) is 0 Å². The van der Waals surface area contributed by atoms with Crippen molar-refractivity contribution < 1.29 is 13.2 Å². The lowest BCUT2D eigenvalue weighted by Crippen LogP contribution is -2.47. The third-order valence-electron chi connectivity index (χ3n) is 5.77. The molecule has 0 bridgehead atoms. The fourth-order valence-electron chi connectivity index (χ4n) is 3.93. The van der Waals surface area contributed by atoms with Gasteiger partial charge in [-0.15, -0.1) is 0 Å². The average Bonchev–Trinajstić information content (AvgIpc) is 2.79. The Morgan fingerprint density at radius 3 is 2.47 bits per heavy atom. The van der Waals surface area contributed by atoms with Crippen LogP contribution in [0.4, 0.5) is 11.4 Å². The van der Waals surface area contributed by atoms with Gasteiger partial charge < -0.3 is 10.2 Å². The number of carbonyl (C=O) groups excluding carboxylic acids is 1. The zero-order chi connectivity index (χ0) is 22.8. The molecule has 0 atom stereocenters. The van der Waals surface area contributed by atoms with E-state index in [1.165, 1.54) is 5.56 Å². The van der Waals surface area contributed by atoms with Crippen molar-refractivity contribution in [1.82, 2.24) is 9.88 Å². The van der Waals surface area contributed by atoms with Crippen LogP contribution in [0.5, 0.6) is 0 Å². The summed E-state index contributed by atoms with van der Waals surface area (Å²) >= 11 is 0. The number of nitrogens with one attached hydrogen (secondary N) is 1. The Morgan fingerprint density at radius 2 is 1.75 bits per heavy atom. The summed E-state index contributed by atoms with van der Waals surface area (Å²) < 4.78 is 24.4. The van der Waals surface area contributed by atoms with Crippen LogP contribution in [0.2, 0.25) is 0 Å². The predicted octanol–water partition coefficient (Wildman–Crippen LogP) is 2.99. The third-order valence-corrected chi connectivity index (χ3v) is 7.38. The summed E-state index contributed by atoms with van der Waals surface area (Å²) in [7, 11) is -3.38. The largest absolute Gasteiger partial charge is 0.367 e. The molecule has 2 aromatic rings. The first-order valence-corrected chi connectivity index (χ1v) is 13.2. The Balaban J connectivity index is 1.52. The van der Waals surface area contributed by atoms with Crippen LogP contribution < -0.4 is 10.2 Å². The number of amides is 1. The van der Waals surface area contributed by atoms with E-state index in [0.717, 1.165) is 57.7 Å².